The number of primary amides is 1. The van der Waals surface area contributed by atoms with Crippen molar-refractivity contribution in [3.63, 3.8) is 0 Å². The number of rotatable bonds is 18. The molecule has 5 atom stereocenters. The van der Waals surface area contributed by atoms with E-state index in [1.807, 2.05) is 13.8 Å². The van der Waals surface area contributed by atoms with Gasteiger partial charge in [-0.05, 0) is 55.7 Å². The second kappa shape index (κ2) is 18.3. The van der Waals surface area contributed by atoms with Gasteiger partial charge < -0.3 is 54.0 Å². The number of carboxylic acids is 1. The van der Waals surface area contributed by atoms with E-state index in [2.05, 4.69) is 20.9 Å². The highest BCUT2D eigenvalue weighted by atomic mass is 16.4. The number of benzene rings is 1. The number of hydrogen-bond acceptors (Lipinski definition) is 9. The van der Waals surface area contributed by atoms with Crippen molar-refractivity contribution in [2.75, 3.05) is 13.1 Å². The number of amides is 5. The first-order valence-corrected chi connectivity index (χ1v) is 15.4. The van der Waals surface area contributed by atoms with E-state index in [0.29, 0.717) is 18.4 Å². The second-order valence-electron chi connectivity index (χ2n) is 11.9. The van der Waals surface area contributed by atoms with Gasteiger partial charge >= 0.3 is 5.97 Å². The predicted molar refractivity (Wildman–Crippen MR) is 171 cm³/mol. The number of carbonyl (C=O) groups excluding carboxylic acids is 5. The van der Waals surface area contributed by atoms with Crippen LogP contribution in [0.2, 0.25) is 0 Å². The van der Waals surface area contributed by atoms with Gasteiger partial charge in [0.15, 0.2) is 5.96 Å². The van der Waals surface area contributed by atoms with Crippen molar-refractivity contribution < 1.29 is 39.0 Å². The van der Waals surface area contributed by atoms with Crippen LogP contribution in [0, 0.1) is 5.92 Å². The van der Waals surface area contributed by atoms with Crippen LogP contribution in [0.4, 0.5) is 0 Å². The molecule has 1 aromatic rings. The van der Waals surface area contributed by atoms with Crippen molar-refractivity contribution in [1.82, 2.24) is 20.9 Å². The fraction of sp³-hybridized carbons (Fsp3) is 0.567. The molecule has 0 aliphatic carbocycles. The number of aromatic hydroxyl groups is 1. The lowest BCUT2D eigenvalue weighted by atomic mass is 10.00. The zero-order valence-corrected chi connectivity index (χ0v) is 26.7. The minimum atomic E-state index is -1.56. The first-order chi connectivity index (χ1) is 22.1. The van der Waals surface area contributed by atoms with Crippen molar-refractivity contribution in [2.45, 2.75) is 89.0 Å². The van der Waals surface area contributed by atoms with Crippen LogP contribution in [-0.4, -0.2) is 99.9 Å². The number of guanidine groups is 1. The van der Waals surface area contributed by atoms with E-state index in [-0.39, 0.29) is 56.4 Å². The molecule has 1 aromatic carbocycles. The Bertz CT molecular complexity index is 1300. The maximum absolute atomic E-state index is 13.8. The van der Waals surface area contributed by atoms with Crippen molar-refractivity contribution in [2.24, 2.45) is 33.8 Å². The number of carboxylic acid groups (broad SMARTS) is 1. The van der Waals surface area contributed by atoms with E-state index in [1.165, 1.54) is 17.0 Å². The van der Waals surface area contributed by atoms with Crippen LogP contribution in [0.15, 0.2) is 29.3 Å². The van der Waals surface area contributed by atoms with Gasteiger partial charge in [-0.25, -0.2) is 4.79 Å². The average Bonchev–Trinajstić information content (AvgIpc) is 3.48. The number of aliphatic carboxylic acids is 1. The fourth-order valence-electron chi connectivity index (χ4n) is 5.14. The van der Waals surface area contributed by atoms with Gasteiger partial charge in [0.25, 0.3) is 0 Å². The Balaban J connectivity index is 2.25. The van der Waals surface area contributed by atoms with E-state index in [0.717, 1.165) is 0 Å². The third-order valence-electron chi connectivity index (χ3n) is 7.49. The summed E-state index contributed by atoms with van der Waals surface area (Å²) in [4.78, 5) is 81.7. The summed E-state index contributed by atoms with van der Waals surface area (Å²) in [5.74, 6) is -5.12. The predicted octanol–water partition coefficient (Wildman–Crippen LogP) is -2.23. The molecule has 17 heteroatoms. The number of phenols is 1. The Morgan fingerprint density at radius 2 is 1.60 bits per heavy atom. The maximum Gasteiger partial charge on any atom is 0.326 e. The molecule has 0 unspecified atom stereocenters. The second-order valence-corrected chi connectivity index (χ2v) is 11.9. The van der Waals surface area contributed by atoms with Gasteiger partial charge in [0.05, 0.1) is 12.5 Å². The summed E-state index contributed by atoms with van der Waals surface area (Å²) in [5, 5.41) is 26.8. The summed E-state index contributed by atoms with van der Waals surface area (Å²) in [6, 6.07) is 0.200. The molecule has 1 heterocycles. The lowest BCUT2D eigenvalue weighted by molar-refractivity contribution is -0.146. The van der Waals surface area contributed by atoms with Gasteiger partial charge in [-0.15, -0.1) is 0 Å². The average molecular weight is 662 g/mol. The summed E-state index contributed by atoms with van der Waals surface area (Å²) < 4.78 is 0. The van der Waals surface area contributed by atoms with Crippen LogP contribution in [-0.2, 0) is 35.2 Å². The molecule has 1 aliphatic heterocycles. The Kier molecular flexibility index (Phi) is 14.9. The van der Waals surface area contributed by atoms with Crippen LogP contribution in [0.5, 0.6) is 5.75 Å². The van der Waals surface area contributed by atoms with E-state index in [4.69, 9.17) is 22.9 Å². The number of carbonyl (C=O) groups is 6. The van der Waals surface area contributed by atoms with Crippen LogP contribution < -0.4 is 38.9 Å². The highest BCUT2D eigenvalue weighted by Gasteiger charge is 2.40. The number of aliphatic imine (C=N–C) groups is 1. The minimum absolute atomic E-state index is 0.00630. The molecule has 2 rings (SSSR count). The van der Waals surface area contributed by atoms with E-state index in [9.17, 15) is 39.0 Å². The van der Waals surface area contributed by atoms with Gasteiger partial charge in [0.2, 0.25) is 29.5 Å². The smallest absolute Gasteiger partial charge is 0.326 e. The standard InChI is InChI=1S/C30H47N9O8/c1-16(2)13-21(28(45)39-12-4-6-23(39)27(44)38-22(29(46)47)15-24(32)41)37-26(43)20(14-17-7-9-18(40)10-8-17)36-25(42)19(31)5-3-11-35-30(33)34/h7-10,16,19-23,40H,3-6,11-15,31H2,1-2H3,(H2,32,41)(H,36,42)(H,37,43)(H,38,44)(H,46,47)(H4,33,34,35)/t19-,20-,21-,22-,23-/m0/s1. The number of likely N-dealkylation sites (tertiary alicyclic amines) is 1. The van der Waals surface area contributed by atoms with E-state index in [1.54, 1.807) is 12.1 Å². The number of nitrogens with one attached hydrogen (secondary N) is 3. The van der Waals surface area contributed by atoms with Crippen molar-refractivity contribution >= 4 is 41.5 Å². The number of nitrogens with zero attached hydrogens (tertiary/aromatic N) is 2. The summed E-state index contributed by atoms with van der Waals surface area (Å²) in [6.45, 7) is 4.13. The van der Waals surface area contributed by atoms with Crippen LogP contribution in [0.3, 0.4) is 0 Å². The van der Waals surface area contributed by atoms with Gasteiger partial charge in [-0.2, -0.15) is 0 Å². The van der Waals surface area contributed by atoms with Crippen molar-refractivity contribution in [3.05, 3.63) is 29.8 Å². The molecule has 1 fully saturated rings. The molecule has 1 saturated heterocycles. The molecular weight excluding hydrogens is 614 g/mol. The summed E-state index contributed by atoms with van der Waals surface area (Å²) in [5.41, 5.74) is 22.4. The number of hydrogen-bond donors (Lipinski definition) is 9. The Hall–Kier alpha value is -4.93. The zero-order valence-electron chi connectivity index (χ0n) is 26.7. The van der Waals surface area contributed by atoms with Crippen molar-refractivity contribution in [1.29, 1.82) is 0 Å². The minimum Gasteiger partial charge on any atom is -0.508 e. The molecule has 13 N–H and O–H groups in total. The Labute approximate surface area is 272 Å². The topological polar surface area (TPSA) is 299 Å². The SMILES string of the molecule is CC(C)C[C@H](NC(=O)[C@H](Cc1ccc(O)cc1)NC(=O)[C@@H](N)CCCN=C(N)N)C(=O)N1CCC[C@H]1C(=O)N[C@@H](CC(N)=O)C(=O)O. The molecule has 260 valence electrons. The van der Waals surface area contributed by atoms with Crippen LogP contribution in [0.1, 0.15) is 57.9 Å². The molecule has 47 heavy (non-hydrogen) atoms. The van der Waals surface area contributed by atoms with Crippen molar-refractivity contribution in [3.8, 4) is 5.75 Å². The highest BCUT2D eigenvalue weighted by molar-refractivity contribution is 5.96. The summed E-state index contributed by atoms with van der Waals surface area (Å²) >= 11 is 0. The van der Waals surface area contributed by atoms with Gasteiger partial charge in [-0.1, -0.05) is 26.0 Å². The normalized spacial score (nSPS) is 16.8. The van der Waals surface area contributed by atoms with E-state index < -0.39 is 72.1 Å². The quantitative estimate of drug-likeness (QED) is 0.0460. The van der Waals surface area contributed by atoms with E-state index >= 15 is 0 Å². The molecule has 17 nitrogen and oxygen atoms in total. The molecular formula is C30H47N9O8. The fourth-order valence-corrected chi connectivity index (χ4v) is 5.14. The molecule has 0 bridgehead atoms. The lowest BCUT2D eigenvalue weighted by Gasteiger charge is -2.31. The first-order valence-electron chi connectivity index (χ1n) is 15.4. The summed E-state index contributed by atoms with van der Waals surface area (Å²) in [7, 11) is 0. The first kappa shape index (κ1) is 38.3. The Morgan fingerprint density at radius 3 is 2.17 bits per heavy atom. The Morgan fingerprint density at radius 1 is 0.957 bits per heavy atom. The third kappa shape index (κ3) is 12.8. The van der Waals surface area contributed by atoms with Crippen LogP contribution in [0.25, 0.3) is 0 Å². The van der Waals surface area contributed by atoms with Gasteiger partial charge in [0.1, 0.15) is 29.9 Å². The largest absolute Gasteiger partial charge is 0.508 e. The lowest BCUT2D eigenvalue weighted by Crippen LogP contribution is -2.59. The third-order valence-corrected chi connectivity index (χ3v) is 7.49. The number of nitrogens with two attached hydrogens (primary N) is 4. The molecule has 1 aliphatic rings. The molecule has 0 radical (unpaired) electrons. The van der Waals surface area contributed by atoms with Gasteiger partial charge in [0, 0.05) is 19.5 Å². The molecule has 0 aromatic heterocycles. The highest BCUT2D eigenvalue weighted by Crippen LogP contribution is 2.21. The van der Waals surface area contributed by atoms with Gasteiger partial charge in [-0.3, -0.25) is 29.0 Å². The molecule has 5 amide bonds. The monoisotopic (exact) mass is 661 g/mol. The zero-order chi connectivity index (χ0) is 35.3. The maximum atomic E-state index is 13.8. The number of phenolic OH excluding ortho intramolecular Hbond substituents is 1. The molecule has 0 spiro atoms. The molecule has 0 saturated carbocycles. The van der Waals surface area contributed by atoms with Crippen LogP contribution >= 0.6 is 0 Å². The summed E-state index contributed by atoms with van der Waals surface area (Å²) in [6.07, 6.45) is 0.898.